The first-order chi connectivity index (χ1) is 12.7. The highest BCUT2D eigenvalue weighted by atomic mass is 35.5. The lowest BCUT2D eigenvalue weighted by Crippen LogP contribution is -2.23. The Bertz CT molecular complexity index is 1120. The van der Waals surface area contributed by atoms with Gasteiger partial charge in [0.05, 0.1) is 26.5 Å². The van der Waals surface area contributed by atoms with Crippen LogP contribution < -0.4 is 10.6 Å². The number of amides is 1. The van der Waals surface area contributed by atoms with E-state index in [9.17, 15) is 4.79 Å². The van der Waals surface area contributed by atoms with Gasteiger partial charge in [0.1, 0.15) is 5.82 Å². The van der Waals surface area contributed by atoms with Crippen LogP contribution in [0.1, 0.15) is 17.3 Å². The van der Waals surface area contributed by atoms with Gasteiger partial charge in [0, 0.05) is 17.3 Å². The Morgan fingerprint density at radius 2 is 1.96 bits per heavy atom. The lowest BCUT2D eigenvalue weighted by atomic mass is 10.1. The zero-order valence-electron chi connectivity index (χ0n) is 14.0. The quantitative estimate of drug-likeness (QED) is 0.484. The first kappa shape index (κ1) is 16.8. The number of rotatable bonds is 4. The molecule has 26 heavy (non-hydrogen) atoms. The Hall–Kier alpha value is -2.63. The second kappa shape index (κ2) is 6.94. The van der Waals surface area contributed by atoms with Crippen LogP contribution in [0.4, 0.5) is 11.5 Å². The molecule has 0 bridgehead atoms. The van der Waals surface area contributed by atoms with Gasteiger partial charge >= 0.3 is 0 Å². The first-order valence-electron chi connectivity index (χ1n) is 8.28. The molecule has 0 saturated heterocycles. The van der Waals surface area contributed by atoms with Crippen LogP contribution >= 0.6 is 22.9 Å². The summed E-state index contributed by atoms with van der Waals surface area (Å²) in [6, 6.07) is 15.3. The first-order valence-corrected chi connectivity index (χ1v) is 9.54. The fraction of sp³-hybridized carbons (Fsp3) is 0.100. The van der Waals surface area contributed by atoms with Crippen molar-refractivity contribution >= 4 is 61.3 Å². The molecule has 6 heteroatoms. The number of hydrogen-bond acceptors (Lipinski definition) is 4. The van der Waals surface area contributed by atoms with Gasteiger partial charge in [-0.2, -0.15) is 0 Å². The number of hydrogen-bond donors (Lipinski definition) is 2. The van der Waals surface area contributed by atoms with E-state index in [1.54, 1.807) is 17.4 Å². The van der Waals surface area contributed by atoms with E-state index in [0.29, 0.717) is 28.5 Å². The molecule has 2 aromatic carbocycles. The molecule has 2 aromatic heterocycles. The van der Waals surface area contributed by atoms with E-state index in [1.165, 1.54) is 0 Å². The minimum absolute atomic E-state index is 0.121. The van der Waals surface area contributed by atoms with E-state index in [1.807, 2.05) is 48.7 Å². The van der Waals surface area contributed by atoms with Gasteiger partial charge in [-0.25, -0.2) is 4.98 Å². The van der Waals surface area contributed by atoms with Crippen LogP contribution in [0.5, 0.6) is 0 Å². The number of para-hydroxylation sites is 2. The molecule has 4 nitrogen and oxygen atoms in total. The summed E-state index contributed by atoms with van der Waals surface area (Å²) >= 11 is 7.90. The molecule has 2 N–H and O–H groups in total. The molecule has 130 valence electrons. The highest BCUT2D eigenvalue weighted by Crippen LogP contribution is 2.36. The largest absolute Gasteiger partial charge is 0.352 e. The summed E-state index contributed by atoms with van der Waals surface area (Å²) in [5.41, 5.74) is 2.03. The van der Waals surface area contributed by atoms with Crippen LogP contribution in [0.25, 0.3) is 21.0 Å². The van der Waals surface area contributed by atoms with Crippen molar-refractivity contribution in [1.29, 1.82) is 0 Å². The van der Waals surface area contributed by atoms with Gasteiger partial charge in [0.2, 0.25) is 0 Å². The molecule has 0 radical (unpaired) electrons. The van der Waals surface area contributed by atoms with Crippen molar-refractivity contribution in [3.8, 4) is 0 Å². The Labute approximate surface area is 159 Å². The number of carbonyl (C=O) groups is 1. The number of nitrogens with zero attached hydrogens (tertiary/aromatic N) is 1. The molecule has 4 rings (SSSR count). The van der Waals surface area contributed by atoms with Crippen LogP contribution in [-0.2, 0) is 0 Å². The number of halogens is 1. The van der Waals surface area contributed by atoms with Crippen LogP contribution in [0.15, 0.2) is 53.9 Å². The standard InChI is InChI=1S/C20H16ClN3OS/c1-2-22-20(25)14-7-5-6-12-13-10-11-26-18(13)19(24-17(12)14)23-16-9-4-3-8-15(16)21/h3-11H,2H2,1H3,(H,22,25)(H,23,24). The van der Waals surface area contributed by atoms with Gasteiger partial charge in [0.15, 0.2) is 0 Å². The summed E-state index contributed by atoms with van der Waals surface area (Å²) in [7, 11) is 0. The predicted octanol–water partition coefficient (Wildman–Crippen LogP) is 5.60. The summed E-state index contributed by atoms with van der Waals surface area (Å²) < 4.78 is 1.03. The van der Waals surface area contributed by atoms with Gasteiger partial charge in [0.25, 0.3) is 5.91 Å². The number of anilines is 2. The SMILES string of the molecule is CCNC(=O)c1cccc2c1nc(Nc1ccccc1Cl)c1sccc12. The van der Waals surface area contributed by atoms with Gasteiger partial charge < -0.3 is 10.6 Å². The summed E-state index contributed by atoms with van der Waals surface area (Å²) in [6.45, 7) is 2.47. The smallest absolute Gasteiger partial charge is 0.253 e. The number of carbonyl (C=O) groups excluding carboxylic acids is 1. The molecule has 0 saturated carbocycles. The van der Waals surface area contributed by atoms with E-state index >= 15 is 0 Å². The molecule has 0 atom stereocenters. The number of nitrogens with one attached hydrogen (secondary N) is 2. The number of pyridine rings is 1. The van der Waals surface area contributed by atoms with Crippen LogP contribution in [-0.4, -0.2) is 17.4 Å². The molecule has 4 aromatic rings. The molecular weight excluding hydrogens is 366 g/mol. The third kappa shape index (κ3) is 2.89. The van der Waals surface area contributed by atoms with E-state index in [4.69, 9.17) is 16.6 Å². The number of benzene rings is 2. The van der Waals surface area contributed by atoms with E-state index in [-0.39, 0.29) is 5.91 Å². The summed E-state index contributed by atoms with van der Waals surface area (Å²) in [4.78, 5) is 17.3. The monoisotopic (exact) mass is 381 g/mol. The summed E-state index contributed by atoms with van der Waals surface area (Å²) in [6.07, 6.45) is 0. The van der Waals surface area contributed by atoms with Crippen molar-refractivity contribution in [3.63, 3.8) is 0 Å². The van der Waals surface area contributed by atoms with E-state index in [0.717, 1.165) is 21.2 Å². The van der Waals surface area contributed by atoms with E-state index < -0.39 is 0 Å². The fourth-order valence-electron chi connectivity index (χ4n) is 2.96. The van der Waals surface area contributed by atoms with Crippen LogP contribution in [0.3, 0.4) is 0 Å². The maximum absolute atomic E-state index is 12.5. The highest BCUT2D eigenvalue weighted by molar-refractivity contribution is 7.18. The molecule has 1 amide bonds. The molecule has 0 aliphatic rings. The van der Waals surface area contributed by atoms with Gasteiger partial charge in [-0.1, -0.05) is 35.9 Å². The highest BCUT2D eigenvalue weighted by Gasteiger charge is 2.16. The Balaban J connectivity index is 1.94. The van der Waals surface area contributed by atoms with Crippen molar-refractivity contribution in [2.75, 3.05) is 11.9 Å². The summed E-state index contributed by atoms with van der Waals surface area (Å²) in [5, 5.41) is 10.9. The van der Waals surface area contributed by atoms with Crippen LogP contribution in [0, 0.1) is 0 Å². The second-order valence-corrected chi connectivity index (χ2v) is 7.11. The van der Waals surface area contributed by atoms with Crippen molar-refractivity contribution in [2.24, 2.45) is 0 Å². The van der Waals surface area contributed by atoms with Gasteiger partial charge in [-0.15, -0.1) is 11.3 Å². The zero-order chi connectivity index (χ0) is 18.1. The summed E-state index contributed by atoms with van der Waals surface area (Å²) in [5.74, 6) is 0.580. The molecule has 0 unspecified atom stereocenters. The lowest BCUT2D eigenvalue weighted by Gasteiger charge is -2.12. The number of thiophene rings is 1. The Morgan fingerprint density at radius 1 is 1.12 bits per heavy atom. The number of aromatic nitrogens is 1. The van der Waals surface area contributed by atoms with Crippen molar-refractivity contribution < 1.29 is 4.79 Å². The second-order valence-electron chi connectivity index (χ2n) is 5.79. The normalized spacial score (nSPS) is 11.0. The zero-order valence-corrected chi connectivity index (χ0v) is 15.6. The molecular formula is C20H16ClN3OS. The predicted molar refractivity (Wildman–Crippen MR) is 110 cm³/mol. The van der Waals surface area contributed by atoms with Crippen molar-refractivity contribution in [2.45, 2.75) is 6.92 Å². The van der Waals surface area contributed by atoms with Crippen molar-refractivity contribution in [1.82, 2.24) is 10.3 Å². The minimum atomic E-state index is -0.121. The van der Waals surface area contributed by atoms with Gasteiger partial charge in [-0.3, -0.25) is 4.79 Å². The molecule has 0 aliphatic heterocycles. The third-order valence-corrected chi connectivity index (χ3v) is 5.39. The Kier molecular flexibility index (Phi) is 4.49. The van der Waals surface area contributed by atoms with Crippen molar-refractivity contribution in [3.05, 3.63) is 64.5 Å². The molecule has 0 aliphatic carbocycles. The molecule has 2 heterocycles. The molecule has 0 spiro atoms. The molecule has 0 fully saturated rings. The van der Waals surface area contributed by atoms with E-state index in [2.05, 4.69) is 16.7 Å². The van der Waals surface area contributed by atoms with Gasteiger partial charge in [-0.05, 0) is 36.6 Å². The topological polar surface area (TPSA) is 54.0 Å². The maximum atomic E-state index is 12.5. The lowest BCUT2D eigenvalue weighted by molar-refractivity contribution is 0.0957. The maximum Gasteiger partial charge on any atom is 0.253 e. The third-order valence-electron chi connectivity index (χ3n) is 4.14. The average molecular weight is 382 g/mol. The number of fused-ring (bicyclic) bond motifs is 3. The van der Waals surface area contributed by atoms with Crippen LogP contribution in [0.2, 0.25) is 5.02 Å². The minimum Gasteiger partial charge on any atom is -0.352 e. The average Bonchev–Trinajstić information content (AvgIpc) is 3.14. The Morgan fingerprint density at radius 3 is 2.77 bits per heavy atom. The fourth-order valence-corrected chi connectivity index (χ4v) is 4.00.